The van der Waals surface area contributed by atoms with E-state index < -0.39 is 0 Å². The number of nitrogens with zero attached hydrogens (tertiary/aromatic N) is 2. The molecule has 3 rings (SSSR count). The Morgan fingerprint density at radius 1 is 1.26 bits per heavy atom. The normalized spacial score (nSPS) is 19.1. The highest BCUT2D eigenvalue weighted by Crippen LogP contribution is 2.27. The van der Waals surface area contributed by atoms with Crippen molar-refractivity contribution in [2.45, 2.75) is 12.8 Å². The number of piperazine rings is 1. The molecule has 1 aromatic rings. The molecule has 7 nitrogen and oxygen atoms in total. The molecule has 2 N–H and O–H groups in total. The fourth-order valence-corrected chi connectivity index (χ4v) is 4.27. The monoisotopic (exact) mass is 438 g/mol. The number of amides is 2. The number of hydrogen-bond acceptors (Lipinski definition) is 6. The van der Waals surface area contributed by atoms with Gasteiger partial charge in [0.05, 0.1) is 12.1 Å². The summed E-state index contributed by atoms with van der Waals surface area (Å²) in [7, 11) is 1.39. The van der Waals surface area contributed by atoms with Gasteiger partial charge in [-0.2, -0.15) is 0 Å². The van der Waals surface area contributed by atoms with Crippen LogP contribution in [-0.4, -0.2) is 69.8 Å². The van der Waals surface area contributed by atoms with E-state index in [1.54, 1.807) is 6.07 Å². The molecule has 0 aliphatic carbocycles. The predicted octanol–water partition coefficient (Wildman–Crippen LogP) is 2.21. The number of urea groups is 1. The molecule has 10 heteroatoms. The second-order valence-electron chi connectivity index (χ2n) is 6.48. The van der Waals surface area contributed by atoms with E-state index in [-0.39, 0.29) is 36.8 Å². The van der Waals surface area contributed by atoms with Crippen LogP contribution in [-0.2, 0) is 4.74 Å². The van der Waals surface area contributed by atoms with Gasteiger partial charge in [-0.05, 0) is 44.0 Å². The largest absolute Gasteiger partial charge is 0.465 e. The zero-order chi connectivity index (χ0) is 17.6. The zero-order valence-electron chi connectivity index (χ0n) is 15.4. The fraction of sp³-hybridized carbons (Fsp3) is 0.647. The van der Waals surface area contributed by atoms with E-state index in [2.05, 4.69) is 15.5 Å². The van der Waals surface area contributed by atoms with Crippen molar-refractivity contribution >= 4 is 53.2 Å². The fourth-order valence-electron chi connectivity index (χ4n) is 3.29. The van der Waals surface area contributed by atoms with Gasteiger partial charge in [0, 0.05) is 32.7 Å². The van der Waals surface area contributed by atoms with E-state index in [4.69, 9.17) is 4.74 Å². The summed E-state index contributed by atoms with van der Waals surface area (Å²) in [5.74, 6) is 0.395. The summed E-state index contributed by atoms with van der Waals surface area (Å²) in [6, 6.07) is 3.78. The minimum atomic E-state index is -0.299. The standard InChI is InChI=1S/C17H26N4O3S.2ClH/c1-24-16(22)14-2-3-15(25-14)20-8-10-21(11-9-20)17(23)19-7-5-13-4-6-18-12-13;;/h2-3,13,18H,4-12H2,1H3,(H,19,23);2*1H. The van der Waals surface area contributed by atoms with Gasteiger partial charge in [0.1, 0.15) is 4.88 Å². The molecule has 0 saturated carbocycles. The first-order valence-electron chi connectivity index (χ1n) is 8.84. The van der Waals surface area contributed by atoms with E-state index in [9.17, 15) is 9.59 Å². The summed E-state index contributed by atoms with van der Waals surface area (Å²) in [5, 5.41) is 7.44. The Labute approximate surface area is 176 Å². The number of ether oxygens (including phenoxy) is 1. The van der Waals surface area contributed by atoms with Crippen LogP contribution in [0.2, 0.25) is 0 Å². The number of halogens is 2. The van der Waals surface area contributed by atoms with Crippen molar-refractivity contribution in [3.8, 4) is 0 Å². The number of carbonyl (C=O) groups excluding carboxylic acids is 2. The minimum Gasteiger partial charge on any atom is -0.465 e. The summed E-state index contributed by atoms with van der Waals surface area (Å²) in [5.41, 5.74) is 0. The van der Waals surface area contributed by atoms with Gasteiger partial charge in [0.2, 0.25) is 0 Å². The van der Waals surface area contributed by atoms with Crippen LogP contribution in [0.5, 0.6) is 0 Å². The molecule has 27 heavy (non-hydrogen) atoms. The van der Waals surface area contributed by atoms with Crippen LogP contribution in [0.15, 0.2) is 12.1 Å². The van der Waals surface area contributed by atoms with Gasteiger partial charge in [-0.25, -0.2) is 9.59 Å². The smallest absolute Gasteiger partial charge is 0.348 e. The van der Waals surface area contributed by atoms with Gasteiger partial charge in [-0.15, -0.1) is 36.2 Å². The van der Waals surface area contributed by atoms with Crippen molar-refractivity contribution in [2.75, 3.05) is 57.8 Å². The van der Waals surface area contributed by atoms with E-state index >= 15 is 0 Å². The highest BCUT2D eigenvalue weighted by Gasteiger charge is 2.23. The number of methoxy groups -OCH3 is 1. The number of rotatable bonds is 5. The van der Waals surface area contributed by atoms with Gasteiger partial charge in [-0.3, -0.25) is 0 Å². The molecule has 0 radical (unpaired) electrons. The number of hydrogen-bond donors (Lipinski definition) is 2. The van der Waals surface area contributed by atoms with Crippen molar-refractivity contribution in [1.29, 1.82) is 0 Å². The van der Waals surface area contributed by atoms with Crippen LogP contribution in [0, 0.1) is 5.92 Å². The average molecular weight is 439 g/mol. The quantitative estimate of drug-likeness (QED) is 0.689. The third kappa shape index (κ3) is 6.41. The lowest BCUT2D eigenvalue weighted by Crippen LogP contribution is -2.52. The second-order valence-corrected chi connectivity index (χ2v) is 7.55. The maximum absolute atomic E-state index is 12.3. The van der Waals surface area contributed by atoms with Crippen LogP contribution in [0.1, 0.15) is 22.5 Å². The first-order valence-corrected chi connectivity index (χ1v) is 9.65. The molecule has 2 aliphatic heterocycles. The summed E-state index contributed by atoms with van der Waals surface area (Å²) in [4.78, 5) is 28.5. The molecular weight excluding hydrogens is 411 g/mol. The van der Waals surface area contributed by atoms with E-state index in [0.717, 1.165) is 44.1 Å². The molecule has 1 atom stereocenters. The number of thiophene rings is 1. The molecule has 2 saturated heterocycles. The van der Waals surface area contributed by atoms with Crippen molar-refractivity contribution in [2.24, 2.45) is 5.92 Å². The van der Waals surface area contributed by atoms with Gasteiger partial charge in [0.15, 0.2) is 0 Å². The van der Waals surface area contributed by atoms with Crippen LogP contribution in [0.3, 0.4) is 0 Å². The molecule has 0 aromatic carbocycles. The molecular formula is C17H28Cl2N4O3S. The van der Waals surface area contributed by atoms with Crippen molar-refractivity contribution in [1.82, 2.24) is 15.5 Å². The summed E-state index contributed by atoms with van der Waals surface area (Å²) in [6.07, 6.45) is 2.26. The SMILES string of the molecule is COC(=O)c1ccc(N2CCN(C(=O)NCCC3CCNC3)CC2)s1.Cl.Cl. The topological polar surface area (TPSA) is 73.9 Å². The number of esters is 1. The predicted molar refractivity (Wildman–Crippen MR) is 113 cm³/mol. The average Bonchev–Trinajstić information content (AvgIpc) is 3.33. The maximum atomic E-state index is 12.3. The van der Waals surface area contributed by atoms with Crippen molar-refractivity contribution in [3.63, 3.8) is 0 Å². The minimum absolute atomic E-state index is 0. The second kappa shape index (κ2) is 11.6. The molecule has 2 fully saturated rings. The Morgan fingerprint density at radius 3 is 2.63 bits per heavy atom. The van der Waals surface area contributed by atoms with E-state index in [1.807, 2.05) is 11.0 Å². The van der Waals surface area contributed by atoms with Crippen LogP contribution >= 0.6 is 36.2 Å². The highest BCUT2D eigenvalue weighted by atomic mass is 35.5. The summed E-state index contributed by atoms with van der Waals surface area (Å²) in [6.45, 7) is 5.87. The summed E-state index contributed by atoms with van der Waals surface area (Å²) < 4.78 is 4.75. The lowest BCUT2D eigenvalue weighted by atomic mass is 10.1. The molecule has 154 valence electrons. The molecule has 1 unspecified atom stereocenters. The molecule has 3 heterocycles. The Bertz CT molecular complexity index is 603. The Kier molecular flexibility index (Phi) is 10.2. The number of anilines is 1. The van der Waals surface area contributed by atoms with E-state index in [0.29, 0.717) is 23.9 Å². The molecule has 1 aromatic heterocycles. The van der Waals surface area contributed by atoms with Gasteiger partial charge in [0.25, 0.3) is 0 Å². The van der Waals surface area contributed by atoms with E-state index in [1.165, 1.54) is 24.9 Å². The van der Waals surface area contributed by atoms with Crippen LogP contribution in [0.25, 0.3) is 0 Å². The maximum Gasteiger partial charge on any atom is 0.348 e. The Hall–Kier alpha value is -1.22. The highest BCUT2D eigenvalue weighted by molar-refractivity contribution is 7.17. The zero-order valence-corrected chi connectivity index (χ0v) is 17.9. The van der Waals surface area contributed by atoms with Crippen LogP contribution < -0.4 is 15.5 Å². The molecule has 0 bridgehead atoms. The van der Waals surface area contributed by atoms with Crippen LogP contribution in [0.4, 0.5) is 9.80 Å². The Balaban J connectivity index is 0.00000182. The molecule has 2 amide bonds. The Morgan fingerprint density at radius 2 is 2.00 bits per heavy atom. The molecule has 2 aliphatic rings. The van der Waals surface area contributed by atoms with Gasteiger partial charge in [-0.1, -0.05) is 0 Å². The number of nitrogens with one attached hydrogen (secondary N) is 2. The van der Waals surface area contributed by atoms with Gasteiger partial charge < -0.3 is 25.2 Å². The third-order valence-corrected chi connectivity index (χ3v) is 5.97. The summed E-state index contributed by atoms with van der Waals surface area (Å²) >= 11 is 1.44. The lowest BCUT2D eigenvalue weighted by molar-refractivity contribution is 0.0606. The first kappa shape index (κ1) is 23.8. The molecule has 0 spiro atoms. The van der Waals surface area contributed by atoms with Crippen molar-refractivity contribution in [3.05, 3.63) is 17.0 Å². The van der Waals surface area contributed by atoms with Gasteiger partial charge >= 0.3 is 12.0 Å². The lowest BCUT2D eigenvalue weighted by Gasteiger charge is -2.35. The van der Waals surface area contributed by atoms with Crippen molar-refractivity contribution < 1.29 is 14.3 Å². The number of carbonyl (C=O) groups is 2. The first-order chi connectivity index (χ1) is 12.2. The third-order valence-electron chi connectivity index (χ3n) is 4.85.